The third kappa shape index (κ3) is 7.04. The molecule has 0 aromatic heterocycles. The van der Waals surface area contributed by atoms with E-state index in [1.807, 2.05) is 4.93 Å². The van der Waals surface area contributed by atoms with E-state index >= 15 is 0 Å². The van der Waals surface area contributed by atoms with E-state index in [1.165, 1.54) is 6.07 Å². The van der Waals surface area contributed by atoms with Crippen molar-refractivity contribution in [1.82, 2.24) is 5.32 Å². The lowest BCUT2D eigenvalue weighted by Gasteiger charge is -2.20. The van der Waals surface area contributed by atoms with Gasteiger partial charge in [0.25, 0.3) is 0 Å². The normalized spacial score (nSPS) is 19.1. The van der Waals surface area contributed by atoms with Crippen LogP contribution in [-0.2, 0) is 23.7 Å². The first-order valence-electron chi connectivity index (χ1n) is 9.25. The summed E-state index contributed by atoms with van der Waals surface area (Å²) >= 11 is 2.15. The van der Waals surface area contributed by atoms with Crippen LogP contribution in [0.3, 0.4) is 0 Å². The zero-order valence-electron chi connectivity index (χ0n) is 16.5. The molecule has 2 nitrogen and oxygen atoms in total. The monoisotopic (exact) mass is 563 g/mol. The molecule has 31 heavy (non-hydrogen) atoms. The largest absolute Gasteiger partial charge is 0.416 e. The molecule has 0 aliphatic carbocycles. The molecule has 2 atom stereocenters. The lowest BCUT2D eigenvalue weighted by atomic mass is 9.89. The van der Waals surface area contributed by atoms with Crippen LogP contribution in [0.5, 0.6) is 0 Å². The summed E-state index contributed by atoms with van der Waals surface area (Å²) in [6, 6.07) is 7.65. The maximum absolute atomic E-state index is 14.0. The predicted molar refractivity (Wildman–Crippen MR) is 112 cm³/mol. The van der Waals surface area contributed by atoms with Gasteiger partial charge >= 0.3 is 12.4 Å². The molecule has 1 aliphatic heterocycles. The van der Waals surface area contributed by atoms with Crippen LogP contribution < -0.4 is 5.32 Å². The molecule has 0 saturated carbocycles. The topological polar surface area (TPSA) is 21.3 Å². The molecule has 10 heteroatoms. The number of benzene rings is 2. The smallest absolute Gasteiger partial charge is 0.376 e. The maximum Gasteiger partial charge on any atom is 0.416 e. The van der Waals surface area contributed by atoms with Gasteiger partial charge in [-0.15, -0.1) is 0 Å². The van der Waals surface area contributed by atoms with Crippen LogP contribution in [0.4, 0.5) is 30.7 Å². The van der Waals surface area contributed by atoms with Crippen LogP contribution in [-0.4, -0.2) is 24.6 Å². The van der Waals surface area contributed by atoms with Crippen LogP contribution in [0.2, 0.25) is 0 Å². The first-order valence-corrected chi connectivity index (χ1v) is 11.4. The van der Waals surface area contributed by atoms with E-state index in [0.717, 1.165) is 0 Å². The van der Waals surface area contributed by atoms with Gasteiger partial charge in [-0.25, -0.2) is 4.39 Å². The van der Waals surface area contributed by atoms with Gasteiger partial charge < -0.3 is 10.1 Å². The van der Waals surface area contributed by atoms with E-state index in [4.69, 9.17) is 4.74 Å². The van der Waals surface area contributed by atoms with E-state index in [9.17, 15) is 30.7 Å². The fraction of sp³-hybridized carbons (Fsp3) is 0.429. The van der Waals surface area contributed by atoms with Crippen molar-refractivity contribution < 1.29 is 35.5 Å². The minimum atomic E-state index is -4.90. The molecular formula is C21H21F7INO. The van der Waals surface area contributed by atoms with Gasteiger partial charge in [-0.3, -0.25) is 0 Å². The van der Waals surface area contributed by atoms with Crippen molar-refractivity contribution in [3.05, 3.63) is 70.5 Å². The Morgan fingerprint density at radius 2 is 1.52 bits per heavy atom. The highest BCUT2D eigenvalue weighted by atomic mass is 127. The van der Waals surface area contributed by atoms with Crippen molar-refractivity contribution in [3.8, 4) is 0 Å². The zero-order chi connectivity index (χ0) is 23.2. The third-order valence-electron chi connectivity index (χ3n) is 4.89. The Kier molecular flexibility index (Phi) is 9.14. The van der Waals surface area contributed by atoms with Gasteiger partial charge in [0, 0.05) is 24.9 Å². The van der Waals surface area contributed by atoms with Crippen molar-refractivity contribution in [2.24, 2.45) is 5.92 Å². The molecule has 0 spiro atoms. The molecule has 0 unspecified atom stereocenters. The summed E-state index contributed by atoms with van der Waals surface area (Å²) < 4.78 is 97.0. The molecule has 172 valence electrons. The maximum atomic E-state index is 14.0. The zero-order valence-corrected chi connectivity index (χ0v) is 18.6. The van der Waals surface area contributed by atoms with Crippen LogP contribution in [0, 0.1) is 11.7 Å². The van der Waals surface area contributed by atoms with Crippen LogP contribution >= 0.6 is 22.6 Å². The lowest BCUT2D eigenvalue weighted by molar-refractivity contribution is -0.143. The Bertz CT molecular complexity index is 822. The number of hydrogen-bond acceptors (Lipinski definition) is 2. The average molecular weight is 563 g/mol. The first kappa shape index (κ1) is 25.9. The van der Waals surface area contributed by atoms with Gasteiger partial charge in [0.15, 0.2) is 0 Å². The summed E-state index contributed by atoms with van der Waals surface area (Å²) in [6.45, 7) is 0.684. The van der Waals surface area contributed by atoms with Crippen molar-refractivity contribution in [3.63, 3.8) is 0 Å². The molecule has 1 heterocycles. The van der Waals surface area contributed by atoms with Crippen LogP contribution in [0.25, 0.3) is 0 Å². The molecule has 0 radical (unpaired) electrons. The molecular weight excluding hydrogens is 542 g/mol. The van der Waals surface area contributed by atoms with E-state index in [-0.39, 0.29) is 35.9 Å². The van der Waals surface area contributed by atoms with Gasteiger partial charge in [0.2, 0.25) is 0 Å². The first-order chi connectivity index (χ1) is 14.6. The number of hydrogen-bond donors (Lipinski definition) is 1. The fourth-order valence-corrected chi connectivity index (χ4v) is 3.48. The Labute approximate surface area is 189 Å². The van der Waals surface area contributed by atoms with E-state index in [1.54, 1.807) is 18.2 Å². The molecule has 0 bridgehead atoms. The SMILES string of the molecule is CI.Fc1ccccc1[C@@H]1CNC[C@@H]1COCc1cc(C(F)(F)F)cc(C(F)(F)F)c1. The van der Waals surface area contributed by atoms with E-state index < -0.39 is 30.1 Å². The van der Waals surface area contributed by atoms with Crippen LogP contribution in [0.1, 0.15) is 28.2 Å². The molecule has 3 rings (SSSR count). The standard InChI is InChI=1S/C20H18F7NO.CH3I/c21-18-4-2-1-3-16(18)17-9-28-8-13(17)11-29-10-12-5-14(19(22,23)24)7-15(6-12)20(25,26)27;1-2/h1-7,13,17,28H,8-11H2;1H3/t13-,17-;/m1./s1. The molecule has 1 saturated heterocycles. The summed E-state index contributed by atoms with van der Waals surface area (Å²) in [7, 11) is 0. The number of halogens is 8. The summed E-state index contributed by atoms with van der Waals surface area (Å²) in [4.78, 5) is 1.97. The van der Waals surface area contributed by atoms with Gasteiger partial charge in [0.1, 0.15) is 5.82 Å². The second kappa shape index (κ2) is 11.0. The fourth-order valence-electron chi connectivity index (χ4n) is 3.48. The molecule has 1 fully saturated rings. The van der Waals surface area contributed by atoms with Crippen molar-refractivity contribution in [2.75, 3.05) is 24.6 Å². The Balaban J connectivity index is 0.00000166. The quantitative estimate of drug-likeness (QED) is 0.257. The second-order valence-corrected chi connectivity index (χ2v) is 6.98. The van der Waals surface area contributed by atoms with E-state index in [0.29, 0.717) is 30.8 Å². The molecule has 0 amide bonds. The average Bonchev–Trinajstić information content (AvgIpc) is 3.16. The Hall–Kier alpha value is -1.40. The van der Waals surface area contributed by atoms with Gasteiger partial charge in [0.05, 0.1) is 24.3 Å². The van der Waals surface area contributed by atoms with Gasteiger partial charge in [-0.2, -0.15) is 26.3 Å². The third-order valence-corrected chi connectivity index (χ3v) is 4.89. The van der Waals surface area contributed by atoms with Crippen molar-refractivity contribution in [1.29, 1.82) is 0 Å². The lowest BCUT2D eigenvalue weighted by Crippen LogP contribution is -2.18. The minimum absolute atomic E-state index is 0.0730. The van der Waals surface area contributed by atoms with Gasteiger partial charge in [-0.1, -0.05) is 40.8 Å². The number of alkyl halides is 7. The minimum Gasteiger partial charge on any atom is -0.376 e. The van der Waals surface area contributed by atoms with Crippen molar-refractivity contribution in [2.45, 2.75) is 24.9 Å². The molecule has 2 aromatic rings. The number of rotatable bonds is 5. The Morgan fingerprint density at radius 1 is 0.935 bits per heavy atom. The predicted octanol–water partition coefficient (Wildman–Crippen LogP) is 6.43. The molecule has 2 aromatic carbocycles. The summed E-state index contributed by atoms with van der Waals surface area (Å²) in [6.07, 6.45) is -9.80. The second-order valence-electron chi connectivity index (χ2n) is 6.98. The number of ether oxygens (including phenoxy) is 1. The van der Waals surface area contributed by atoms with Gasteiger partial charge in [-0.05, 0) is 40.3 Å². The van der Waals surface area contributed by atoms with E-state index in [2.05, 4.69) is 27.9 Å². The molecule has 1 N–H and O–H groups in total. The summed E-state index contributed by atoms with van der Waals surface area (Å²) in [5.41, 5.74) is -2.47. The highest BCUT2D eigenvalue weighted by Crippen LogP contribution is 2.36. The summed E-state index contributed by atoms with van der Waals surface area (Å²) in [5, 5.41) is 3.11. The van der Waals surface area contributed by atoms with Crippen molar-refractivity contribution >= 4 is 22.6 Å². The Morgan fingerprint density at radius 3 is 2.06 bits per heavy atom. The highest BCUT2D eigenvalue weighted by Gasteiger charge is 2.37. The highest BCUT2D eigenvalue weighted by molar-refractivity contribution is 14.1. The van der Waals surface area contributed by atoms with Crippen LogP contribution in [0.15, 0.2) is 42.5 Å². The summed E-state index contributed by atoms with van der Waals surface area (Å²) in [5.74, 6) is -0.706. The number of nitrogens with one attached hydrogen (secondary N) is 1. The molecule has 1 aliphatic rings.